The Morgan fingerprint density at radius 2 is 2.00 bits per heavy atom. The van der Waals surface area contributed by atoms with Crippen LogP contribution in [0.4, 0.5) is 0 Å². The first kappa shape index (κ1) is 14.8. The largest absolute Gasteiger partial charge is 0.478 e. The first-order valence-corrected chi connectivity index (χ1v) is 8.49. The maximum absolute atomic E-state index is 12.4. The van der Waals surface area contributed by atoms with Gasteiger partial charge in [0.2, 0.25) is 0 Å². The van der Waals surface area contributed by atoms with Crippen LogP contribution in [0.25, 0.3) is 22.4 Å². The maximum Gasteiger partial charge on any atom is 0.335 e. The Hall–Kier alpha value is -2.73. The highest BCUT2D eigenvalue weighted by molar-refractivity contribution is 7.18. The van der Waals surface area contributed by atoms with Gasteiger partial charge in [0.1, 0.15) is 10.7 Å². The summed E-state index contributed by atoms with van der Waals surface area (Å²) < 4.78 is 0. The summed E-state index contributed by atoms with van der Waals surface area (Å²) >= 11 is 1.61. The zero-order valence-electron chi connectivity index (χ0n) is 12.7. The molecule has 1 aliphatic carbocycles. The van der Waals surface area contributed by atoms with E-state index in [0.717, 1.165) is 35.0 Å². The Bertz CT molecular complexity index is 1030. The van der Waals surface area contributed by atoms with Gasteiger partial charge in [-0.1, -0.05) is 18.2 Å². The summed E-state index contributed by atoms with van der Waals surface area (Å²) in [6.07, 6.45) is 6.66. The van der Waals surface area contributed by atoms with E-state index >= 15 is 0 Å². The predicted octanol–water partition coefficient (Wildman–Crippen LogP) is 3.34. The number of carboxylic acids is 1. The van der Waals surface area contributed by atoms with Gasteiger partial charge < -0.3 is 10.1 Å². The summed E-state index contributed by atoms with van der Waals surface area (Å²) in [4.78, 5) is 32.7. The fraction of sp³-hybridized carbons (Fsp3) is 0.167. The van der Waals surface area contributed by atoms with Crippen molar-refractivity contribution in [3.8, 4) is 0 Å². The summed E-state index contributed by atoms with van der Waals surface area (Å²) in [5, 5.41) is 9.64. The Labute approximate surface area is 141 Å². The molecule has 0 atom stereocenters. The van der Waals surface area contributed by atoms with Crippen molar-refractivity contribution in [3.63, 3.8) is 0 Å². The molecule has 0 bridgehead atoms. The smallest absolute Gasteiger partial charge is 0.335 e. The number of hydrogen-bond acceptors (Lipinski definition) is 4. The first-order chi connectivity index (χ1) is 11.6. The van der Waals surface area contributed by atoms with E-state index in [-0.39, 0.29) is 11.1 Å². The number of benzene rings is 1. The van der Waals surface area contributed by atoms with Crippen molar-refractivity contribution in [1.29, 1.82) is 0 Å². The highest BCUT2D eigenvalue weighted by Gasteiger charge is 2.20. The number of aromatic amines is 1. The van der Waals surface area contributed by atoms with Gasteiger partial charge in [-0.3, -0.25) is 4.79 Å². The molecule has 5 nitrogen and oxygen atoms in total. The van der Waals surface area contributed by atoms with Gasteiger partial charge in [0.05, 0.1) is 10.9 Å². The third kappa shape index (κ3) is 2.55. The molecule has 0 spiro atoms. The molecular weight excluding hydrogens is 324 g/mol. The van der Waals surface area contributed by atoms with Crippen molar-refractivity contribution in [1.82, 2.24) is 9.97 Å². The molecule has 0 saturated heterocycles. The Morgan fingerprint density at radius 3 is 2.75 bits per heavy atom. The van der Waals surface area contributed by atoms with Gasteiger partial charge in [-0.25, -0.2) is 9.78 Å². The molecule has 24 heavy (non-hydrogen) atoms. The molecule has 0 aliphatic heterocycles. The van der Waals surface area contributed by atoms with Crippen LogP contribution >= 0.6 is 11.3 Å². The molecule has 0 fully saturated rings. The average Bonchev–Trinajstić information content (AvgIpc) is 3.13. The number of rotatable bonds is 3. The highest BCUT2D eigenvalue weighted by Crippen LogP contribution is 2.34. The first-order valence-electron chi connectivity index (χ1n) is 7.68. The number of aromatic nitrogens is 2. The summed E-state index contributed by atoms with van der Waals surface area (Å²) in [6.45, 7) is 0. The lowest BCUT2D eigenvalue weighted by molar-refractivity contribution is 0.0697. The van der Waals surface area contributed by atoms with Gasteiger partial charge >= 0.3 is 5.97 Å². The number of carbonyl (C=O) groups is 1. The van der Waals surface area contributed by atoms with Crippen LogP contribution in [0.5, 0.6) is 0 Å². The van der Waals surface area contributed by atoms with Gasteiger partial charge in [0, 0.05) is 4.88 Å². The minimum atomic E-state index is -0.951. The predicted molar refractivity (Wildman–Crippen MR) is 94.6 cm³/mol. The van der Waals surface area contributed by atoms with Crippen LogP contribution in [-0.2, 0) is 12.8 Å². The van der Waals surface area contributed by atoms with E-state index in [0.29, 0.717) is 5.82 Å². The normalized spacial score (nSPS) is 13.7. The third-order valence-electron chi connectivity index (χ3n) is 4.18. The van der Waals surface area contributed by atoms with E-state index in [2.05, 4.69) is 9.97 Å². The molecule has 4 rings (SSSR count). The molecule has 1 aromatic carbocycles. The Morgan fingerprint density at radius 1 is 1.21 bits per heavy atom. The van der Waals surface area contributed by atoms with Crippen molar-refractivity contribution in [2.24, 2.45) is 0 Å². The molecule has 0 saturated carbocycles. The second-order valence-electron chi connectivity index (χ2n) is 5.75. The molecule has 2 N–H and O–H groups in total. The number of hydrogen-bond donors (Lipinski definition) is 2. The van der Waals surface area contributed by atoms with Crippen LogP contribution in [0.3, 0.4) is 0 Å². The molecule has 0 radical (unpaired) electrons. The van der Waals surface area contributed by atoms with Crippen LogP contribution in [0.1, 0.15) is 38.6 Å². The second kappa shape index (κ2) is 5.72. The number of carboxylic acid groups (broad SMARTS) is 1. The van der Waals surface area contributed by atoms with Crippen LogP contribution < -0.4 is 5.56 Å². The van der Waals surface area contributed by atoms with Gasteiger partial charge in [-0.2, -0.15) is 0 Å². The van der Waals surface area contributed by atoms with E-state index in [1.54, 1.807) is 47.8 Å². The molecule has 120 valence electrons. The van der Waals surface area contributed by atoms with Crippen molar-refractivity contribution >= 4 is 39.7 Å². The van der Waals surface area contributed by atoms with Crippen molar-refractivity contribution in [2.75, 3.05) is 0 Å². The second-order valence-corrected chi connectivity index (χ2v) is 6.83. The van der Waals surface area contributed by atoms with Crippen LogP contribution in [0.2, 0.25) is 0 Å². The Kier molecular flexibility index (Phi) is 3.54. The third-order valence-corrected chi connectivity index (χ3v) is 5.37. The average molecular weight is 338 g/mol. The minimum absolute atomic E-state index is 0.0831. The minimum Gasteiger partial charge on any atom is -0.478 e. The Balaban J connectivity index is 1.67. The van der Waals surface area contributed by atoms with Gasteiger partial charge in [0.25, 0.3) is 5.56 Å². The number of nitrogens with zero attached hydrogens (tertiary/aromatic N) is 1. The van der Waals surface area contributed by atoms with Crippen molar-refractivity contribution in [2.45, 2.75) is 19.3 Å². The van der Waals surface area contributed by atoms with Crippen LogP contribution in [0, 0.1) is 0 Å². The lowest BCUT2D eigenvalue weighted by Gasteiger charge is -1.98. The highest BCUT2D eigenvalue weighted by atomic mass is 32.1. The standard InChI is InChI=1S/C18H14N2O3S/c21-16-15-12-2-1-3-13(12)24-17(15)20-14(19-16)9-6-10-4-7-11(8-5-10)18(22)23/h4-9H,1-3H2,(H,22,23)(H,19,20,21)/b9-6+. The summed E-state index contributed by atoms with van der Waals surface area (Å²) in [5.74, 6) is -0.442. The lowest BCUT2D eigenvalue weighted by Crippen LogP contribution is -2.09. The number of nitrogens with one attached hydrogen (secondary N) is 1. The number of H-pyrrole nitrogens is 1. The summed E-state index contributed by atoms with van der Waals surface area (Å²) in [7, 11) is 0. The summed E-state index contributed by atoms with van der Waals surface area (Å²) in [5.41, 5.74) is 2.17. The maximum atomic E-state index is 12.4. The number of aryl methyl sites for hydroxylation is 2. The zero-order valence-corrected chi connectivity index (χ0v) is 13.5. The van der Waals surface area contributed by atoms with Crippen LogP contribution in [-0.4, -0.2) is 21.0 Å². The summed E-state index contributed by atoms with van der Waals surface area (Å²) in [6, 6.07) is 6.53. The monoisotopic (exact) mass is 338 g/mol. The fourth-order valence-corrected chi connectivity index (χ4v) is 4.28. The number of thiophene rings is 1. The van der Waals surface area contributed by atoms with Gasteiger partial charge in [-0.15, -0.1) is 11.3 Å². The van der Waals surface area contributed by atoms with Gasteiger partial charge in [0.15, 0.2) is 0 Å². The molecular formula is C18H14N2O3S. The lowest BCUT2D eigenvalue weighted by atomic mass is 10.1. The quantitative estimate of drug-likeness (QED) is 0.767. The molecule has 2 aromatic heterocycles. The molecule has 0 amide bonds. The van der Waals surface area contributed by atoms with E-state index in [1.807, 2.05) is 0 Å². The van der Waals surface area contributed by atoms with E-state index in [9.17, 15) is 9.59 Å². The zero-order chi connectivity index (χ0) is 16.7. The number of aromatic carboxylic acids is 1. The van der Waals surface area contributed by atoms with E-state index in [4.69, 9.17) is 5.11 Å². The van der Waals surface area contributed by atoms with Gasteiger partial charge in [-0.05, 0) is 48.6 Å². The molecule has 1 aliphatic rings. The fourth-order valence-electron chi connectivity index (χ4n) is 3.01. The molecule has 2 heterocycles. The topological polar surface area (TPSA) is 83.0 Å². The molecule has 3 aromatic rings. The van der Waals surface area contributed by atoms with Crippen LogP contribution in [0.15, 0.2) is 29.1 Å². The molecule has 6 heteroatoms. The SMILES string of the molecule is O=C(O)c1ccc(/C=C/c2nc3sc4c(c3c(=O)[nH]2)CCC4)cc1. The van der Waals surface area contributed by atoms with Crippen molar-refractivity contribution in [3.05, 3.63) is 62.0 Å². The molecule has 0 unspecified atom stereocenters. The number of fused-ring (bicyclic) bond motifs is 3. The van der Waals surface area contributed by atoms with Crippen molar-refractivity contribution < 1.29 is 9.90 Å². The van der Waals surface area contributed by atoms with E-state index < -0.39 is 5.97 Å². The van der Waals surface area contributed by atoms with E-state index in [1.165, 1.54) is 10.4 Å².